The highest BCUT2D eigenvalue weighted by Gasteiger charge is 2.38. The van der Waals surface area contributed by atoms with Crippen molar-refractivity contribution < 1.29 is 9.47 Å². The van der Waals surface area contributed by atoms with Gasteiger partial charge in [0, 0.05) is 0 Å². The Hall–Kier alpha value is -0.0800. The maximum absolute atomic E-state index is 5.39. The van der Waals surface area contributed by atoms with E-state index in [2.05, 4.69) is 6.92 Å². The molecule has 0 radical (unpaired) electrons. The number of rotatable bonds is 1. The Bertz CT molecular complexity index is 112. The second-order valence-corrected chi connectivity index (χ2v) is 3.27. The number of ether oxygens (including phenoxy) is 2. The molecule has 2 nitrogen and oxygen atoms in total. The second-order valence-electron chi connectivity index (χ2n) is 3.27. The molecule has 0 aromatic heterocycles. The lowest BCUT2D eigenvalue weighted by atomic mass is 10.1. The highest BCUT2D eigenvalue weighted by molar-refractivity contribution is 4.86. The third-order valence-corrected chi connectivity index (χ3v) is 2.69. The lowest BCUT2D eigenvalue weighted by molar-refractivity contribution is 0.0223. The summed E-state index contributed by atoms with van der Waals surface area (Å²) in [5.41, 5.74) is 0. The first kappa shape index (κ1) is 6.62. The van der Waals surface area contributed by atoms with Crippen molar-refractivity contribution in [2.75, 3.05) is 6.79 Å². The third kappa shape index (κ3) is 0.956. The minimum Gasteiger partial charge on any atom is -0.349 e. The maximum Gasteiger partial charge on any atom is 0.147 e. The van der Waals surface area contributed by atoms with Gasteiger partial charge < -0.3 is 9.47 Å². The van der Waals surface area contributed by atoms with Crippen LogP contribution in [0.2, 0.25) is 0 Å². The summed E-state index contributed by atoms with van der Waals surface area (Å²) in [4.78, 5) is 0. The summed E-state index contributed by atoms with van der Waals surface area (Å²) in [5, 5.41) is 0. The molecule has 2 heteroatoms. The molecule has 1 saturated carbocycles. The van der Waals surface area contributed by atoms with Crippen molar-refractivity contribution in [3.8, 4) is 0 Å². The van der Waals surface area contributed by atoms with Crippen molar-refractivity contribution in [3.63, 3.8) is 0 Å². The average Bonchev–Trinajstić information content (AvgIpc) is 2.42. The highest BCUT2D eigenvalue weighted by Crippen LogP contribution is 2.35. The Balaban J connectivity index is 1.94. The summed E-state index contributed by atoms with van der Waals surface area (Å²) < 4.78 is 10.8. The molecule has 10 heavy (non-hydrogen) atoms. The topological polar surface area (TPSA) is 18.5 Å². The SMILES string of the molecule is CCC1CC2OCOC2C1. The van der Waals surface area contributed by atoms with Crippen molar-refractivity contribution in [3.05, 3.63) is 0 Å². The Labute approximate surface area is 61.5 Å². The van der Waals surface area contributed by atoms with Crippen LogP contribution in [0.5, 0.6) is 0 Å². The van der Waals surface area contributed by atoms with Crippen LogP contribution in [-0.2, 0) is 9.47 Å². The van der Waals surface area contributed by atoms with Gasteiger partial charge in [-0.25, -0.2) is 0 Å². The van der Waals surface area contributed by atoms with E-state index in [1.807, 2.05) is 0 Å². The fourth-order valence-electron chi connectivity index (χ4n) is 1.95. The molecule has 2 rings (SSSR count). The van der Waals surface area contributed by atoms with E-state index < -0.39 is 0 Å². The summed E-state index contributed by atoms with van der Waals surface area (Å²) in [6.45, 7) is 2.78. The van der Waals surface area contributed by atoms with Crippen LogP contribution in [0.1, 0.15) is 26.2 Å². The zero-order valence-corrected chi connectivity index (χ0v) is 6.38. The van der Waals surface area contributed by atoms with Crippen LogP contribution >= 0.6 is 0 Å². The van der Waals surface area contributed by atoms with Gasteiger partial charge in [-0.05, 0) is 18.8 Å². The van der Waals surface area contributed by atoms with Gasteiger partial charge >= 0.3 is 0 Å². The van der Waals surface area contributed by atoms with Gasteiger partial charge in [0.25, 0.3) is 0 Å². The molecule has 2 atom stereocenters. The van der Waals surface area contributed by atoms with Gasteiger partial charge in [0.15, 0.2) is 0 Å². The first-order chi connectivity index (χ1) is 4.90. The molecule has 1 saturated heterocycles. The van der Waals surface area contributed by atoms with Gasteiger partial charge in [-0.3, -0.25) is 0 Å². The Morgan fingerprint density at radius 2 is 1.80 bits per heavy atom. The van der Waals surface area contributed by atoms with Crippen LogP contribution in [0.3, 0.4) is 0 Å². The van der Waals surface area contributed by atoms with Crippen LogP contribution < -0.4 is 0 Å². The van der Waals surface area contributed by atoms with Gasteiger partial charge in [0.1, 0.15) is 6.79 Å². The van der Waals surface area contributed by atoms with E-state index in [1.54, 1.807) is 0 Å². The third-order valence-electron chi connectivity index (χ3n) is 2.69. The molecule has 2 aliphatic rings. The van der Waals surface area contributed by atoms with Gasteiger partial charge in [0.05, 0.1) is 12.2 Å². The summed E-state index contributed by atoms with van der Waals surface area (Å²) in [6, 6.07) is 0. The Morgan fingerprint density at radius 3 is 2.30 bits per heavy atom. The fraction of sp³-hybridized carbons (Fsp3) is 1.00. The molecule has 2 unspecified atom stereocenters. The molecule has 0 N–H and O–H groups in total. The molecule has 0 aromatic carbocycles. The van der Waals surface area contributed by atoms with Crippen molar-refractivity contribution >= 4 is 0 Å². The van der Waals surface area contributed by atoms with Crippen LogP contribution in [0.15, 0.2) is 0 Å². The van der Waals surface area contributed by atoms with Gasteiger partial charge in [-0.15, -0.1) is 0 Å². The van der Waals surface area contributed by atoms with Crippen LogP contribution in [-0.4, -0.2) is 19.0 Å². The van der Waals surface area contributed by atoms with Crippen LogP contribution in [0.4, 0.5) is 0 Å². The summed E-state index contributed by atoms with van der Waals surface area (Å²) in [6.07, 6.45) is 4.59. The first-order valence-electron chi connectivity index (χ1n) is 4.13. The highest BCUT2D eigenvalue weighted by atomic mass is 16.7. The Morgan fingerprint density at radius 1 is 1.20 bits per heavy atom. The van der Waals surface area contributed by atoms with E-state index in [1.165, 1.54) is 19.3 Å². The molecule has 2 fully saturated rings. The monoisotopic (exact) mass is 142 g/mol. The van der Waals surface area contributed by atoms with Gasteiger partial charge in [0.2, 0.25) is 0 Å². The molecule has 58 valence electrons. The van der Waals surface area contributed by atoms with E-state index in [-0.39, 0.29) is 0 Å². The summed E-state index contributed by atoms with van der Waals surface area (Å²) in [5.74, 6) is 0.857. The van der Waals surface area contributed by atoms with Crippen molar-refractivity contribution in [1.82, 2.24) is 0 Å². The van der Waals surface area contributed by atoms with Crippen molar-refractivity contribution in [2.24, 2.45) is 5.92 Å². The standard InChI is InChI=1S/C8H14O2/c1-2-6-3-7-8(4-6)10-5-9-7/h6-8H,2-5H2,1H3. The minimum absolute atomic E-state index is 0.435. The maximum atomic E-state index is 5.39. The molecular weight excluding hydrogens is 128 g/mol. The predicted molar refractivity (Wildman–Crippen MR) is 37.6 cm³/mol. The van der Waals surface area contributed by atoms with Crippen LogP contribution in [0, 0.1) is 5.92 Å². The van der Waals surface area contributed by atoms with E-state index in [9.17, 15) is 0 Å². The van der Waals surface area contributed by atoms with Gasteiger partial charge in [-0.1, -0.05) is 13.3 Å². The summed E-state index contributed by atoms with van der Waals surface area (Å²) in [7, 11) is 0. The van der Waals surface area contributed by atoms with Gasteiger partial charge in [-0.2, -0.15) is 0 Å². The smallest absolute Gasteiger partial charge is 0.147 e. The molecule has 1 aliphatic heterocycles. The van der Waals surface area contributed by atoms with E-state index in [0.29, 0.717) is 19.0 Å². The lowest BCUT2D eigenvalue weighted by Gasteiger charge is -2.05. The van der Waals surface area contributed by atoms with E-state index in [0.717, 1.165) is 5.92 Å². The Kier molecular flexibility index (Phi) is 1.66. The molecule has 0 amide bonds. The normalized spacial score (nSPS) is 45.9. The predicted octanol–water partition coefficient (Wildman–Crippen LogP) is 1.55. The quantitative estimate of drug-likeness (QED) is 0.553. The largest absolute Gasteiger partial charge is 0.349 e. The molecule has 0 spiro atoms. The minimum atomic E-state index is 0.435. The number of hydrogen-bond donors (Lipinski definition) is 0. The van der Waals surface area contributed by atoms with E-state index >= 15 is 0 Å². The van der Waals surface area contributed by atoms with Crippen LogP contribution in [0.25, 0.3) is 0 Å². The van der Waals surface area contributed by atoms with Crippen molar-refractivity contribution in [1.29, 1.82) is 0 Å². The molecule has 1 aliphatic carbocycles. The summed E-state index contributed by atoms with van der Waals surface area (Å²) >= 11 is 0. The molecule has 0 aromatic rings. The average molecular weight is 142 g/mol. The zero-order valence-electron chi connectivity index (χ0n) is 6.38. The number of fused-ring (bicyclic) bond motifs is 1. The molecule has 0 bridgehead atoms. The zero-order chi connectivity index (χ0) is 6.97. The van der Waals surface area contributed by atoms with E-state index in [4.69, 9.17) is 9.47 Å². The first-order valence-corrected chi connectivity index (χ1v) is 4.13. The van der Waals surface area contributed by atoms with Crippen molar-refractivity contribution in [2.45, 2.75) is 38.4 Å². The molecule has 1 heterocycles. The lowest BCUT2D eigenvalue weighted by Crippen LogP contribution is -2.13. The molecular formula is C8H14O2. The number of hydrogen-bond acceptors (Lipinski definition) is 2. The second kappa shape index (κ2) is 2.51. The fourth-order valence-corrected chi connectivity index (χ4v) is 1.95.